The molecule has 0 radical (unpaired) electrons. The summed E-state index contributed by atoms with van der Waals surface area (Å²) >= 11 is 0. The highest BCUT2D eigenvalue weighted by Crippen LogP contribution is 2.80. The van der Waals surface area contributed by atoms with E-state index in [4.69, 9.17) is 10.5 Å². The Kier molecular flexibility index (Phi) is 5.56. The van der Waals surface area contributed by atoms with Crippen LogP contribution in [-0.2, 0) is 14.3 Å². The summed E-state index contributed by atoms with van der Waals surface area (Å²) < 4.78 is 5.79. The van der Waals surface area contributed by atoms with Crippen LogP contribution in [0, 0.1) is 32.5 Å². The summed E-state index contributed by atoms with van der Waals surface area (Å²) in [6, 6.07) is 0. The lowest BCUT2D eigenvalue weighted by molar-refractivity contribution is -0.223. The minimum absolute atomic E-state index is 0.00314. The van der Waals surface area contributed by atoms with Gasteiger partial charge < -0.3 is 10.5 Å². The first-order chi connectivity index (χ1) is 17.1. The molecule has 0 aromatic carbocycles. The molecule has 0 aromatic heterocycles. The molecule has 0 aromatic rings. The van der Waals surface area contributed by atoms with Gasteiger partial charge in [0.25, 0.3) is 0 Å². The van der Waals surface area contributed by atoms with Crippen LogP contribution in [0.25, 0.3) is 0 Å². The Bertz CT molecular complexity index is 1230. The second kappa shape index (κ2) is 7.83. The van der Waals surface area contributed by atoms with Crippen molar-refractivity contribution in [3.8, 4) is 0 Å². The fourth-order valence-electron chi connectivity index (χ4n) is 9.61. The van der Waals surface area contributed by atoms with Crippen molar-refractivity contribution >= 4 is 11.7 Å². The topological polar surface area (TPSA) is 69.4 Å². The number of ketones is 1. The van der Waals surface area contributed by atoms with E-state index in [1.807, 2.05) is 13.0 Å². The first-order valence-corrected chi connectivity index (χ1v) is 14.1. The van der Waals surface area contributed by atoms with E-state index in [1.165, 1.54) is 5.57 Å². The molecule has 0 bridgehead atoms. The maximum atomic E-state index is 13.2. The number of carbonyl (C=O) groups excluding carboxylic acids is 2. The normalized spacial score (nSPS) is 44.8. The van der Waals surface area contributed by atoms with Gasteiger partial charge in [0.1, 0.15) is 6.61 Å². The van der Waals surface area contributed by atoms with Crippen LogP contribution in [0.4, 0.5) is 0 Å². The summed E-state index contributed by atoms with van der Waals surface area (Å²) in [5.41, 5.74) is 10.1. The number of carbonyl (C=O) groups is 2. The Balaban J connectivity index is 1.64. The van der Waals surface area contributed by atoms with Gasteiger partial charge in [-0.3, -0.25) is 9.59 Å². The van der Waals surface area contributed by atoms with Crippen LogP contribution in [0.1, 0.15) is 93.4 Å². The lowest BCUT2D eigenvalue weighted by Gasteiger charge is -2.74. The number of hydrogen-bond donors (Lipinski definition) is 1. The molecule has 4 nitrogen and oxygen atoms in total. The first-order valence-electron chi connectivity index (χ1n) is 14.1. The highest BCUT2D eigenvalue weighted by atomic mass is 16.5. The van der Waals surface area contributed by atoms with Crippen LogP contribution >= 0.6 is 0 Å². The van der Waals surface area contributed by atoms with Gasteiger partial charge >= 0.3 is 0 Å². The van der Waals surface area contributed by atoms with Crippen molar-refractivity contribution in [2.75, 3.05) is 6.61 Å². The number of amides is 1. The van der Waals surface area contributed by atoms with Crippen LogP contribution in [0.15, 0.2) is 58.9 Å². The Morgan fingerprint density at radius 2 is 1.68 bits per heavy atom. The second-order valence-corrected chi connectivity index (χ2v) is 14.1. The molecule has 5 aliphatic rings. The standard InChI is InChI=1S/C33H45NO3/c1-9-18-37-26-21(2)22-10-11-25-30(5,23(22)19-24(26)35)15-17-32(7)31(25,6)16-14-29(4)13-12-28(3,27(34)36)20-33(29,32)8/h9-11,19H,1,12-18,20H2,2-8H3,(H2,34,36)/t28-,29-,30+,31-,32-,33-/m1/s1. The monoisotopic (exact) mass is 503 g/mol. The van der Waals surface area contributed by atoms with E-state index in [0.29, 0.717) is 12.4 Å². The molecule has 0 spiro atoms. The Morgan fingerprint density at radius 3 is 2.32 bits per heavy atom. The molecule has 37 heavy (non-hydrogen) atoms. The molecule has 200 valence electrons. The van der Waals surface area contributed by atoms with Crippen molar-refractivity contribution in [3.05, 3.63) is 58.9 Å². The lowest BCUT2D eigenvalue weighted by Crippen LogP contribution is -2.67. The smallest absolute Gasteiger partial charge is 0.223 e. The second-order valence-electron chi connectivity index (χ2n) is 14.1. The van der Waals surface area contributed by atoms with E-state index in [9.17, 15) is 9.59 Å². The van der Waals surface area contributed by atoms with Crippen molar-refractivity contribution in [1.82, 2.24) is 0 Å². The summed E-state index contributed by atoms with van der Waals surface area (Å²) in [6.45, 7) is 20.4. The van der Waals surface area contributed by atoms with E-state index < -0.39 is 5.41 Å². The summed E-state index contributed by atoms with van der Waals surface area (Å²) in [5, 5.41) is 0. The third-order valence-electron chi connectivity index (χ3n) is 12.7. The fourth-order valence-corrected chi connectivity index (χ4v) is 9.61. The van der Waals surface area contributed by atoms with Gasteiger partial charge in [-0.25, -0.2) is 0 Å². The summed E-state index contributed by atoms with van der Waals surface area (Å²) in [5.74, 6) is 0.246. The van der Waals surface area contributed by atoms with E-state index >= 15 is 0 Å². The zero-order chi connectivity index (χ0) is 27.2. The molecular weight excluding hydrogens is 458 g/mol. The van der Waals surface area contributed by atoms with Crippen LogP contribution in [0.3, 0.4) is 0 Å². The summed E-state index contributed by atoms with van der Waals surface area (Å²) in [4.78, 5) is 25.9. The van der Waals surface area contributed by atoms with Crippen molar-refractivity contribution in [1.29, 1.82) is 0 Å². The number of nitrogens with two attached hydrogens (primary N) is 1. The number of allylic oxidation sites excluding steroid dienone is 7. The average Bonchev–Trinajstić information content (AvgIpc) is 2.83. The highest BCUT2D eigenvalue weighted by molar-refractivity contribution is 6.07. The number of hydrogen-bond acceptors (Lipinski definition) is 3. The van der Waals surface area contributed by atoms with Gasteiger partial charge in [-0.15, -0.1) is 0 Å². The SMILES string of the molecule is C=CCOC1=C(C)C2=CC=C3[C@@](C)(CC[C@@]4(C)[C@]5(C)C[C@](C)(C(N)=O)CC[C@]5(C)CC[C@]34C)C2=CC1=O. The number of fused-ring (bicyclic) bond motifs is 7. The maximum absolute atomic E-state index is 13.2. The van der Waals surface area contributed by atoms with Gasteiger partial charge in [0, 0.05) is 16.4 Å². The number of primary amides is 1. The molecule has 1 amide bonds. The number of ether oxygens (including phenoxy) is 1. The zero-order valence-corrected chi connectivity index (χ0v) is 24.0. The van der Waals surface area contributed by atoms with E-state index in [0.717, 1.165) is 61.7 Å². The fraction of sp³-hybridized carbons (Fsp3) is 0.636. The van der Waals surface area contributed by atoms with Crippen molar-refractivity contribution in [2.45, 2.75) is 93.4 Å². The molecule has 5 aliphatic carbocycles. The molecule has 3 fully saturated rings. The third kappa shape index (κ3) is 3.08. The van der Waals surface area contributed by atoms with E-state index in [2.05, 4.69) is 60.3 Å². The molecule has 0 unspecified atom stereocenters. The van der Waals surface area contributed by atoms with Crippen LogP contribution < -0.4 is 5.73 Å². The molecule has 5 rings (SSSR count). The minimum Gasteiger partial charge on any atom is -0.485 e. The predicted molar refractivity (Wildman–Crippen MR) is 148 cm³/mol. The molecule has 3 saturated carbocycles. The zero-order valence-electron chi connectivity index (χ0n) is 24.0. The average molecular weight is 504 g/mol. The molecule has 6 atom stereocenters. The minimum atomic E-state index is -0.466. The first kappa shape index (κ1) is 26.3. The van der Waals surface area contributed by atoms with Gasteiger partial charge in [0.15, 0.2) is 5.76 Å². The molecule has 0 heterocycles. The third-order valence-corrected chi connectivity index (χ3v) is 12.7. The largest absolute Gasteiger partial charge is 0.485 e. The van der Waals surface area contributed by atoms with E-state index in [1.54, 1.807) is 6.08 Å². The molecule has 2 N–H and O–H groups in total. The van der Waals surface area contributed by atoms with Gasteiger partial charge in [-0.2, -0.15) is 0 Å². The van der Waals surface area contributed by atoms with E-state index in [-0.39, 0.29) is 38.8 Å². The number of rotatable bonds is 4. The molecular formula is C33H45NO3. The van der Waals surface area contributed by atoms with Crippen molar-refractivity contribution in [2.24, 2.45) is 38.2 Å². The quantitative estimate of drug-likeness (QED) is 0.415. The van der Waals surface area contributed by atoms with Crippen molar-refractivity contribution in [3.63, 3.8) is 0 Å². The summed E-state index contributed by atoms with van der Waals surface area (Å²) in [7, 11) is 0. The van der Waals surface area contributed by atoms with Gasteiger partial charge in [-0.1, -0.05) is 71.9 Å². The Hall–Kier alpha value is -2.36. The molecule has 0 saturated heterocycles. The summed E-state index contributed by atoms with van der Waals surface area (Å²) in [6.07, 6.45) is 15.2. The van der Waals surface area contributed by atoms with Crippen LogP contribution in [0.5, 0.6) is 0 Å². The van der Waals surface area contributed by atoms with Gasteiger partial charge in [-0.05, 0) is 90.8 Å². The van der Waals surface area contributed by atoms with Crippen LogP contribution in [0.2, 0.25) is 0 Å². The van der Waals surface area contributed by atoms with Crippen LogP contribution in [-0.4, -0.2) is 18.3 Å². The van der Waals surface area contributed by atoms with Crippen molar-refractivity contribution < 1.29 is 14.3 Å². The Labute approximate surface area is 223 Å². The highest BCUT2D eigenvalue weighted by Gasteiger charge is 2.72. The van der Waals surface area contributed by atoms with Gasteiger partial charge in [0.2, 0.25) is 11.7 Å². The predicted octanol–water partition coefficient (Wildman–Crippen LogP) is 7.13. The Morgan fingerprint density at radius 1 is 1.00 bits per heavy atom. The molecule has 4 heteroatoms. The lowest BCUT2D eigenvalue weighted by atomic mass is 9.29. The molecule has 0 aliphatic heterocycles. The maximum Gasteiger partial charge on any atom is 0.223 e. The van der Waals surface area contributed by atoms with Gasteiger partial charge in [0.05, 0.1) is 0 Å².